The van der Waals surface area contributed by atoms with Gasteiger partial charge in [-0.25, -0.2) is 4.99 Å². The van der Waals surface area contributed by atoms with E-state index in [1.807, 2.05) is 18.2 Å². The molecule has 0 bridgehead atoms. The number of benzene rings is 3. The van der Waals surface area contributed by atoms with Crippen LogP contribution in [-0.4, -0.2) is 22.7 Å². The summed E-state index contributed by atoms with van der Waals surface area (Å²) in [5.41, 5.74) is 2.59. The molecule has 5 rings (SSSR count). The number of phenolic OH excluding ortho intramolecular Hbond substituents is 1. The number of amides is 1. The summed E-state index contributed by atoms with van der Waals surface area (Å²) < 4.78 is 7.06. The normalized spacial score (nSPS) is 15.2. The number of rotatable bonds is 5. The van der Waals surface area contributed by atoms with Crippen LogP contribution in [0.3, 0.4) is 0 Å². The molecule has 1 unspecified atom stereocenters. The number of hydrogen-bond acceptors (Lipinski definition) is 6. The predicted molar refractivity (Wildman–Crippen MR) is 145 cm³/mol. The third-order valence-electron chi connectivity index (χ3n) is 5.98. The highest BCUT2D eigenvalue weighted by Gasteiger charge is 2.32. The van der Waals surface area contributed by atoms with Gasteiger partial charge in [0.25, 0.3) is 11.5 Å². The van der Waals surface area contributed by atoms with Crippen molar-refractivity contribution >= 4 is 40.6 Å². The monoisotopic (exact) mass is 531 g/mol. The number of methoxy groups -OCH3 is 1. The van der Waals surface area contributed by atoms with E-state index in [0.717, 1.165) is 5.56 Å². The molecule has 0 saturated heterocycles. The molecule has 0 fully saturated rings. The summed E-state index contributed by atoms with van der Waals surface area (Å²) in [6.45, 7) is 1.77. The largest absolute Gasteiger partial charge is 0.504 e. The van der Waals surface area contributed by atoms with Crippen LogP contribution in [-0.2, 0) is 4.79 Å². The van der Waals surface area contributed by atoms with Crippen LogP contribution in [0.2, 0.25) is 5.02 Å². The lowest BCUT2D eigenvalue weighted by Crippen LogP contribution is -2.40. The molecule has 1 aromatic heterocycles. The summed E-state index contributed by atoms with van der Waals surface area (Å²) in [6.07, 6.45) is 1.69. The molecule has 9 heteroatoms. The van der Waals surface area contributed by atoms with Crippen molar-refractivity contribution in [3.63, 3.8) is 0 Å². The van der Waals surface area contributed by atoms with Gasteiger partial charge in [0.05, 0.1) is 29.0 Å². The van der Waals surface area contributed by atoms with Crippen LogP contribution in [0.1, 0.15) is 24.1 Å². The van der Waals surface area contributed by atoms with Crippen molar-refractivity contribution in [1.82, 2.24) is 4.57 Å². The zero-order valence-electron chi connectivity index (χ0n) is 19.9. The van der Waals surface area contributed by atoms with Crippen molar-refractivity contribution in [2.24, 2.45) is 4.99 Å². The fourth-order valence-corrected chi connectivity index (χ4v) is 5.41. The van der Waals surface area contributed by atoms with Gasteiger partial charge >= 0.3 is 0 Å². The van der Waals surface area contributed by atoms with Gasteiger partial charge < -0.3 is 15.2 Å². The minimum absolute atomic E-state index is 0.0289. The average molecular weight is 532 g/mol. The number of aromatic hydroxyl groups is 1. The van der Waals surface area contributed by atoms with Gasteiger partial charge in [0, 0.05) is 10.7 Å². The summed E-state index contributed by atoms with van der Waals surface area (Å²) in [6, 6.07) is 20.4. The number of thiazole rings is 1. The van der Waals surface area contributed by atoms with Crippen molar-refractivity contribution < 1.29 is 14.6 Å². The van der Waals surface area contributed by atoms with Gasteiger partial charge in [-0.3, -0.25) is 14.2 Å². The maximum atomic E-state index is 13.7. The van der Waals surface area contributed by atoms with Crippen molar-refractivity contribution in [3.05, 3.63) is 120 Å². The summed E-state index contributed by atoms with van der Waals surface area (Å²) in [5.74, 6) is -0.0356. The van der Waals surface area contributed by atoms with Gasteiger partial charge in [0.1, 0.15) is 0 Å². The van der Waals surface area contributed by atoms with E-state index in [0.29, 0.717) is 42.6 Å². The first-order valence-electron chi connectivity index (χ1n) is 11.4. The standard InChI is InChI=1S/C28H22ClN3O4S/c1-16-24(26(34)31-20-6-4-3-5-7-20)25(18-9-11-19(29)12-10-18)32-27(35)23(37-28(32)30-16)15-17-8-13-22(36-2)21(33)14-17/h3-15,25,33H,1-2H3,(H,31,34)/b23-15-. The highest BCUT2D eigenvalue weighted by atomic mass is 35.5. The van der Waals surface area contributed by atoms with Crippen molar-refractivity contribution in [3.8, 4) is 11.5 Å². The van der Waals surface area contributed by atoms with Crippen LogP contribution in [0.15, 0.2) is 93.9 Å². The lowest BCUT2D eigenvalue weighted by Gasteiger charge is -2.25. The van der Waals surface area contributed by atoms with Gasteiger partial charge in [-0.1, -0.05) is 59.3 Å². The minimum Gasteiger partial charge on any atom is -0.504 e. The fourth-order valence-electron chi connectivity index (χ4n) is 4.24. The number of nitrogens with one attached hydrogen (secondary N) is 1. The smallest absolute Gasteiger partial charge is 0.271 e. The van der Waals surface area contributed by atoms with Gasteiger partial charge in [-0.05, 0) is 60.5 Å². The van der Waals surface area contributed by atoms with Crippen LogP contribution in [0.25, 0.3) is 6.08 Å². The number of anilines is 1. The number of carbonyl (C=O) groups excluding carboxylic acids is 1. The quantitative estimate of drug-likeness (QED) is 0.403. The molecule has 2 N–H and O–H groups in total. The number of fused-ring (bicyclic) bond motifs is 1. The molecule has 0 aliphatic carbocycles. The number of allylic oxidation sites excluding steroid dienone is 1. The molecule has 0 radical (unpaired) electrons. The molecule has 1 aliphatic heterocycles. The second kappa shape index (κ2) is 10.1. The SMILES string of the molecule is COc1ccc(/C=c2\sc3n(c2=O)C(c2ccc(Cl)cc2)C(C(=O)Nc2ccccc2)=C(C)N=3)cc1O. The Morgan fingerprint density at radius 1 is 1.14 bits per heavy atom. The van der Waals surface area contributed by atoms with E-state index < -0.39 is 6.04 Å². The number of phenols is 1. The van der Waals surface area contributed by atoms with Crippen molar-refractivity contribution in [1.29, 1.82) is 0 Å². The summed E-state index contributed by atoms with van der Waals surface area (Å²) in [5, 5.41) is 13.6. The Morgan fingerprint density at radius 3 is 2.54 bits per heavy atom. The first-order valence-corrected chi connectivity index (χ1v) is 12.6. The number of hydrogen-bond donors (Lipinski definition) is 2. The first-order chi connectivity index (χ1) is 17.9. The average Bonchev–Trinajstić information content (AvgIpc) is 3.18. The molecule has 186 valence electrons. The number of carbonyl (C=O) groups is 1. The van der Waals surface area contributed by atoms with Gasteiger partial charge in [-0.2, -0.15) is 0 Å². The van der Waals surface area contributed by atoms with Crippen LogP contribution in [0.4, 0.5) is 5.69 Å². The number of halogens is 1. The van der Waals surface area contributed by atoms with E-state index in [4.69, 9.17) is 16.3 Å². The molecule has 0 spiro atoms. The van der Waals surface area contributed by atoms with Crippen LogP contribution >= 0.6 is 22.9 Å². The molecule has 1 amide bonds. The molecular weight excluding hydrogens is 510 g/mol. The van der Waals surface area contributed by atoms with Gasteiger partial charge in [0.2, 0.25) is 0 Å². The molecule has 7 nitrogen and oxygen atoms in total. The zero-order chi connectivity index (χ0) is 26.1. The third-order valence-corrected chi connectivity index (χ3v) is 7.22. The Bertz CT molecular complexity index is 1710. The molecule has 1 aliphatic rings. The Morgan fingerprint density at radius 2 is 1.86 bits per heavy atom. The van der Waals surface area contributed by atoms with Gasteiger partial charge in [0.15, 0.2) is 16.3 Å². The second-order valence-electron chi connectivity index (χ2n) is 8.38. The Labute approximate surface area is 221 Å². The summed E-state index contributed by atoms with van der Waals surface area (Å²) in [7, 11) is 1.47. The summed E-state index contributed by atoms with van der Waals surface area (Å²) in [4.78, 5) is 32.4. The van der Waals surface area contributed by atoms with E-state index in [2.05, 4.69) is 10.3 Å². The van der Waals surface area contributed by atoms with Crippen LogP contribution in [0.5, 0.6) is 11.5 Å². The number of nitrogens with zero attached hydrogens (tertiary/aromatic N) is 2. The molecule has 37 heavy (non-hydrogen) atoms. The number of ether oxygens (including phenoxy) is 1. The number of aromatic nitrogens is 1. The maximum absolute atomic E-state index is 13.7. The van der Waals surface area contributed by atoms with Crippen LogP contribution < -0.4 is 24.9 Å². The summed E-state index contributed by atoms with van der Waals surface area (Å²) >= 11 is 7.35. The highest BCUT2D eigenvalue weighted by Crippen LogP contribution is 2.31. The Kier molecular flexibility index (Phi) is 6.69. The van der Waals surface area contributed by atoms with E-state index >= 15 is 0 Å². The topological polar surface area (TPSA) is 92.9 Å². The second-order valence-corrected chi connectivity index (χ2v) is 9.83. The minimum atomic E-state index is -0.705. The molecule has 1 atom stereocenters. The molecule has 3 aromatic carbocycles. The van der Waals surface area contributed by atoms with Crippen LogP contribution in [0, 0.1) is 0 Å². The number of para-hydroxylation sites is 1. The molecule has 0 saturated carbocycles. The first kappa shape index (κ1) is 24.5. The zero-order valence-corrected chi connectivity index (χ0v) is 21.5. The van der Waals surface area contributed by atoms with E-state index in [9.17, 15) is 14.7 Å². The lowest BCUT2D eigenvalue weighted by atomic mass is 9.95. The Hall–Kier alpha value is -4.14. The molecule has 2 heterocycles. The molecule has 4 aromatic rings. The highest BCUT2D eigenvalue weighted by molar-refractivity contribution is 7.07. The lowest BCUT2D eigenvalue weighted by molar-refractivity contribution is -0.113. The van der Waals surface area contributed by atoms with Crippen molar-refractivity contribution in [2.45, 2.75) is 13.0 Å². The van der Waals surface area contributed by atoms with E-state index in [-0.39, 0.29) is 17.2 Å². The van der Waals surface area contributed by atoms with E-state index in [1.54, 1.807) is 61.5 Å². The van der Waals surface area contributed by atoms with E-state index in [1.165, 1.54) is 29.1 Å². The van der Waals surface area contributed by atoms with Crippen molar-refractivity contribution in [2.75, 3.05) is 12.4 Å². The Balaban J connectivity index is 1.66. The maximum Gasteiger partial charge on any atom is 0.271 e. The third kappa shape index (κ3) is 4.81. The van der Waals surface area contributed by atoms with Gasteiger partial charge in [-0.15, -0.1) is 0 Å². The predicted octanol–water partition coefficient (Wildman–Crippen LogP) is 4.24. The molecular formula is C28H22ClN3O4S. The fraction of sp³-hybridized carbons (Fsp3) is 0.107.